The Hall–Kier alpha value is -0.610. The fourth-order valence-electron chi connectivity index (χ4n) is 3.89. The van der Waals surface area contributed by atoms with Gasteiger partial charge in [-0.25, -0.2) is 4.99 Å². The molecule has 3 fully saturated rings. The molecule has 3 aliphatic rings. The van der Waals surface area contributed by atoms with Crippen molar-refractivity contribution >= 4 is 35.8 Å². The molecule has 0 bridgehead atoms. The highest BCUT2D eigenvalue weighted by atomic mass is 127. The van der Waals surface area contributed by atoms with Crippen molar-refractivity contribution in [2.75, 3.05) is 40.3 Å². The standard InChI is InChI=1S/C19H35N5O2.HI/c1-14-10-15(13-24(14)16-7-8-16)22-19(21-12-18(25)23(2)3)20-11-17-6-4-5-9-26-17;/h14-17H,4-13H2,1-3H3,(H2,20,21,22);1H. The number of carbonyl (C=O) groups excluding carboxylic acids is 1. The van der Waals surface area contributed by atoms with E-state index >= 15 is 0 Å². The van der Waals surface area contributed by atoms with Crippen LogP contribution in [0.2, 0.25) is 0 Å². The number of halogens is 1. The lowest BCUT2D eigenvalue weighted by Gasteiger charge is -2.25. The van der Waals surface area contributed by atoms with E-state index in [0.29, 0.717) is 12.1 Å². The molecule has 2 heterocycles. The molecule has 7 nitrogen and oxygen atoms in total. The van der Waals surface area contributed by atoms with Crippen LogP contribution in [0.1, 0.15) is 45.4 Å². The third kappa shape index (κ3) is 7.05. The Morgan fingerprint density at radius 3 is 2.67 bits per heavy atom. The molecular weight excluding hydrogens is 457 g/mol. The zero-order chi connectivity index (χ0) is 18.5. The molecule has 156 valence electrons. The number of aliphatic imine (C=N–C) groups is 1. The first-order valence-corrected chi connectivity index (χ1v) is 10.1. The number of hydrogen-bond donors (Lipinski definition) is 2. The predicted octanol–water partition coefficient (Wildman–Crippen LogP) is 1.42. The first-order chi connectivity index (χ1) is 12.5. The molecular formula is C19H36IN5O2. The maximum absolute atomic E-state index is 11.9. The highest BCUT2D eigenvalue weighted by Crippen LogP contribution is 2.33. The highest BCUT2D eigenvalue weighted by molar-refractivity contribution is 14.0. The van der Waals surface area contributed by atoms with Gasteiger partial charge in [0.25, 0.3) is 0 Å². The molecule has 2 saturated heterocycles. The van der Waals surface area contributed by atoms with Crippen molar-refractivity contribution in [3.05, 3.63) is 0 Å². The van der Waals surface area contributed by atoms with Gasteiger partial charge in [-0.3, -0.25) is 9.69 Å². The van der Waals surface area contributed by atoms with Crippen molar-refractivity contribution in [3.8, 4) is 0 Å². The molecule has 0 spiro atoms. The number of nitrogens with one attached hydrogen (secondary N) is 2. The first-order valence-electron chi connectivity index (χ1n) is 10.1. The summed E-state index contributed by atoms with van der Waals surface area (Å²) in [4.78, 5) is 20.7. The second-order valence-electron chi connectivity index (χ2n) is 8.18. The quantitative estimate of drug-likeness (QED) is 0.333. The van der Waals surface area contributed by atoms with E-state index in [1.165, 1.54) is 19.3 Å². The lowest BCUT2D eigenvalue weighted by atomic mass is 10.1. The lowest BCUT2D eigenvalue weighted by molar-refractivity contribution is -0.127. The average molecular weight is 493 g/mol. The number of ether oxygens (including phenoxy) is 1. The molecule has 8 heteroatoms. The minimum absolute atomic E-state index is 0. The van der Waals surface area contributed by atoms with Crippen LogP contribution in [-0.4, -0.2) is 86.2 Å². The first kappa shape index (κ1) is 22.7. The van der Waals surface area contributed by atoms with Gasteiger partial charge < -0.3 is 20.3 Å². The van der Waals surface area contributed by atoms with Crippen LogP contribution in [0.15, 0.2) is 4.99 Å². The third-order valence-corrected chi connectivity index (χ3v) is 5.62. The van der Waals surface area contributed by atoms with E-state index in [2.05, 4.69) is 27.4 Å². The summed E-state index contributed by atoms with van der Waals surface area (Å²) in [5, 5.41) is 6.97. The van der Waals surface area contributed by atoms with E-state index in [4.69, 9.17) is 4.74 Å². The van der Waals surface area contributed by atoms with Crippen LogP contribution < -0.4 is 10.6 Å². The number of carbonyl (C=O) groups is 1. The van der Waals surface area contributed by atoms with Gasteiger partial charge in [-0.15, -0.1) is 24.0 Å². The zero-order valence-corrected chi connectivity index (χ0v) is 19.3. The average Bonchev–Trinajstić information content (AvgIpc) is 3.41. The molecule has 3 rings (SSSR count). The normalized spacial score (nSPS) is 29.1. The van der Waals surface area contributed by atoms with Gasteiger partial charge in [0, 0.05) is 51.9 Å². The summed E-state index contributed by atoms with van der Waals surface area (Å²) < 4.78 is 5.81. The number of hydrogen-bond acceptors (Lipinski definition) is 4. The van der Waals surface area contributed by atoms with Crippen LogP contribution in [0.4, 0.5) is 0 Å². The van der Waals surface area contributed by atoms with Crippen molar-refractivity contribution in [2.24, 2.45) is 4.99 Å². The topological polar surface area (TPSA) is 69.2 Å². The number of amides is 1. The van der Waals surface area contributed by atoms with Crippen molar-refractivity contribution in [1.29, 1.82) is 0 Å². The van der Waals surface area contributed by atoms with E-state index in [1.807, 2.05) is 0 Å². The summed E-state index contributed by atoms with van der Waals surface area (Å²) in [6.45, 7) is 5.14. The van der Waals surface area contributed by atoms with Gasteiger partial charge in [0.2, 0.25) is 5.91 Å². The van der Waals surface area contributed by atoms with Crippen LogP contribution in [0.3, 0.4) is 0 Å². The highest BCUT2D eigenvalue weighted by Gasteiger charge is 2.39. The van der Waals surface area contributed by atoms with E-state index in [-0.39, 0.29) is 42.5 Å². The lowest BCUT2D eigenvalue weighted by Crippen LogP contribution is -2.47. The molecule has 2 N–H and O–H groups in total. The summed E-state index contributed by atoms with van der Waals surface area (Å²) >= 11 is 0. The summed E-state index contributed by atoms with van der Waals surface area (Å²) in [6, 6.07) is 1.79. The van der Waals surface area contributed by atoms with E-state index in [1.54, 1.807) is 19.0 Å². The number of likely N-dealkylation sites (tertiary alicyclic amines) is 1. The molecule has 1 saturated carbocycles. The Labute approximate surface area is 180 Å². The molecule has 3 unspecified atom stereocenters. The van der Waals surface area contributed by atoms with Gasteiger partial charge in [0.05, 0.1) is 6.10 Å². The van der Waals surface area contributed by atoms with Gasteiger partial charge in [-0.1, -0.05) is 0 Å². The largest absolute Gasteiger partial charge is 0.376 e. The number of nitrogens with zero attached hydrogens (tertiary/aromatic N) is 3. The number of rotatable bonds is 6. The Morgan fingerprint density at radius 1 is 1.26 bits per heavy atom. The molecule has 1 amide bonds. The van der Waals surface area contributed by atoms with Crippen molar-refractivity contribution in [1.82, 2.24) is 20.4 Å². The van der Waals surface area contributed by atoms with Gasteiger partial charge in [-0.05, 0) is 45.4 Å². The van der Waals surface area contributed by atoms with Crippen LogP contribution >= 0.6 is 24.0 Å². The van der Waals surface area contributed by atoms with Crippen LogP contribution in [0.25, 0.3) is 0 Å². The Kier molecular flexibility index (Phi) is 9.07. The second kappa shape index (κ2) is 10.8. The molecule has 1 aliphatic carbocycles. The van der Waals surface area contributed by atoms with E-state index < -0.39 is 0 Å². The van der Waals surface area contributed by atoms with Gasteiger partial charge in [0.1, 0.15) is 6.54 Å². The molecule has 0 aromatic rings. The van der Waals surface area contributed by atoms with Crippen molar-refractivity contribution < 1.29 is 9.53 Å². The van der Waals surface area contributed by atoms with Gasteiger partial charge in [-0.2, -0.15) is 0 Å². The zero-order valence-electron chi connectivity index (χ0n) is 16.9. The minimum atomic E-state index is 0. The van der Waals surface area contributed by atoms with Crippen LogP contribution in [0.5, 0.6) is 0 Å². The monoisotopic (exact) mass is 493 g/mol. The van der Waals surface area contributed by atoms with Crippen LogP contribution in [0, 0.1) is 0 Å². The predicted molar refractivity (Wildman–Crippen MR) is 119 cm³/mol. The summed E-state index contributed by atoms with van der Waals surface area (Å²) in [6.07, 6.45) is 7.52. The summed E-state index contributed by atoms with van der Waals surface area (Å²) in [7, 11) is 3.53. The molecule has 0 radical (unpaired) electrons. The van der Waals surface area contributed by atoms with E-state index in [0.717, 1.165) is 51.0 Å². The number of likely N-dealkylation sites (N-methyl/N-ethyl adjacent to an activating group) is 1. The smallest absolute Gasteiger partial charge is 0.243 e. The molecule has 2 aliphatic heterocycles. The fourth-order valence-corrected chi connectivity index (χ4v) is 3.89. The fraction of sp³-hybridized carbons (Fsp3) is 0.895. The molecule has 0 aromatic carbocycles. The second-order valence-corrected chi connectivity index (χ2v) is 8.18. The van der Waals surface area contributed by atoms with Crippen molar-refractivity contribution in [2.45, 2.75) is 69.7 Å². The summed E-state index contributed by atoms with van der Waals surface area (Å²) in [5.74, 6) is 0.753. The number of guanidine groups is 1. The molecule has 27 heavy (non-hydrogen) atoms. The van der Waals surface area contributed by atoms with E-state index in [9.17, 15) is 4.79 Å². The van der Waals surface area contributed by atoms with Gasteiger partial charge >= 0.3 is 0 Å². The molecule has 0 aromatic heterocycles. The summed E-state index contributed by atoms with van der Waals surface area (Å²) in [5.41, 5.74) is 0. The SMILES string of the molecule is CC1CC(NC(=NCC(=O)N(C)C)NCC2CCCCO2)CN1C1CC1.I. The third-order valence-electron chi connectivity index (χ3n) is 5.62. The van der Waals surface area contributed by atoms with Crippen molar-refractivity contribution in [3.63, 3.8) is 0 Å². The Balaban J connectivity index is 0.00000261. The van der Waals surface area contributed by atoms with Crippen LogP contribution in [-0.2, 0) is 9.53 Å². The Bertz CT molecular complexity index is 506. The van der Waals surface area contributed by atoms with Gasteiger partial charge in [0.15, 0.2) is 5.96 Å². The minimum Gasteiger partial charge on any atom is -0.376 e. The maximum Gasteiger partial charge on any atom is 0.243 e. The maximum atomic E-state index is 11.9. The molecule has 3 atom stereocenters. The Morgan fingerprint density at radius 2 is 2.04 bits per heavy atom.